The summed E-state index contributed by atoms with van der Waals surface area (Å²) in [4.78, 5) is 24.0. The third kappa shape index (κ3) is 2.57. The average molecular weight is 251 g/mol. The number of hydrogen-bond donors (Lipinski definition) is 0. The lowest BCUT2D eigenvalue weighted by molar-refractivity contribution is -0.320. The maximum absolute atomic E-state index is 12.0. The van der Waals surface area contributed by atoms with E-state index in [1.54, 1.807) is 6.07 Å². The fraction of sp³-hybridized carbons (Fsp3) is 0.538. The van der Waals surface area contributed by atoms with E-state index in [-0.39, 0.29) is 12.2 Å². The lowest BCUT2D eigenvalue weighted by Gasteiger charge is -2.37. The summed E-state index contributed by atoms with van der Waals surface area (Å²) < 4.78 is 0. The molecule has 0 aliphatic heterocycles. The Morgan fingerprint density at radius 3 is 2.53 bits per heavy atom. The van der Waals surface area contributed by atoms with Gasteiger partial charge in [-0.15, -0.1) is 11.3 Å². The van der Waals surface area contributed by atoms with Crippen LogP contribution in [0.2, 0.25) is 0 Å². The molecule has 0 aromatic carbocycles. The Kier molecular flexibility index (Phi) is 3.62. The molecule has 1 heterocycles. The molecule has 4 heteroatoms. The summed E-state index contributed by atoms with van der Waals surface area (Å²) in [5.41, 5.74) is -0.917. The van der Waals surface area contributed by atoms with Crippen molar-refractivity contribution in [1.29, 1.82) is 0 Å². The molecule has 3 nitrogen and oxygen atoms in total. The van der Waals surface area contributed by atoms with Crippen LogP contribution in [-0.4, -0.2) is 11.8 Å². The number of rotatable bonds is 4. The van der Waals surface area contributed by atoms with Gasteiger partial charge in [0.05, 0.1) is 4.88 Å². The van der Waals surface area contributed by atoms with E-state index in [9.17, 15) is 14.7 Å². The number of ketones is 1. The molecular weight excluding hydrogens is 236 g/mol. The Balaban J connectivity index is 2.13. The van der Waals surface area contributed by atoms with Gasteiger partial charge in [0, 0.05) is 17.8 Å². The molecule has 0 bridgehead atoms. The van der Waals surface area contributed by atoms with Crippen molar-refractivity contribution in [2.75, 3.05) is 0 Å². The van der Waals surface area contributed by atoms with Crippen molar-refractivity contribution >= 4 is 23.1 Å². The maximum Gasteiger partial charge on any atom is 0.173 e. The molecule has 2 rings (SSSR count). The summed E-state index contributed by atoms with van der Waals surface area (Å²) >= 11 is 1.37. The van der Waals surface area contributed by atoms with E-state index in [1.807, 2.05) is 11.4 Å². The van der Waals surface area contributed by atoms with E-state index in [4.69, 9.17) is 0 Å². The first kappa shape index (κ1) is 12.3. The average Bonchev–Trinajstić information content (AvgIpc) is 2.83. The molecule has 0 saturated heterocycles. The fourth-order valence-corrected chi connectivity index (χ4v) is 3.18. The van der Waals surface area contributed by atoms with Crippen LogP contribution in [0.1, 0.15) is 48.2 Å². The van der Waals surface area contributed by atoms with Gasteiger partial charge in [-0.1, -0.05) is 25.3 Å². The Hall–Kier alpha value is -1.16. The highest BCUT2D eigenvalue weighted by Crippen LogP contribution is 2.40. The third-order valence-electron chi connectivity index (χ3n) is 3.54. The number of carbonyl (C=O) groups is 2. The Bertz CT molecular complexity index is 402. The second kappa shape index (κ2) is 5.00. The van der Waals surface area contributed by atoms with Crippen LogP contribution in [0.3, 0.4) is 0 Å². The third-order valence-corrected chi connectivity index (χ3v) is 4.45. The molecule has 0 amide bonds. The van der Waals surface area contributed by atoms with E-state index in [1.165, 1.54) is 11.3 Å². The van der Waals surface area contributed by atoms with Gasteiger partial charge < -0.3 is 9.90 Å². The van der Waals surface area contributed by atoms with Gasteiger partial charge in [-0.2, -0.15) is 0 Å². The second-order valence-corrected chi connectivity index (χ2v) is 5.65. The number of carboxylic acid groups (broad SMARTS) is 1. The van der Waals surface area contributed by atoms with Gasteiger partial charge in [0.15, 0.2) is 5.78 Å². The first-order valence-corrected chi connectivity index (χ1v) is 6.80. The minimum atomic E-state index is -1.05. The van der Waals surface area contributed by atoms with Crippen LogP contribution >= 0.6 is 11.3 Å². The summed E-state index contributed by atoms with van der Waals surface area (Å²) in [5, 5.41) is 13.2. The van der Waals surface area contributed by atoms with E-state index in [2.05, 4.69) is 0 Å². The second-order valence-electron chi connectivity index (χ2n) is 4.71. The maximum atomic E-state index is 12.0. The topological polar surface area (TPSA) is 57.2 Å². The van der Waals surface area contributed by atoms with Crippen molar-refractivity contribution in [1.82, 2.24) is 0 Å². The zero-order chi connectivity index (χ0) is 12.3. The van der Waals surface area contributed by atoms with E-state index in [0.29, 0.717) is 17.7 Å². The van der Waals surface area contributed by atoms with Crippen molar-refractivity contribution in [2.45, 2.75) is 38.5 Å². The molecule has 1 aliphatic carbocycles. The van der Waals surface area contributed by atoms with Gasteiger partial charge >= 0.3 is 0 Å². The Morgan fingerprint density at radius 2 is 2.00 bits per heavy atom. The van der Waals surface area contributed by atoms with E-state index >= 15 is 0 Å². The number of carbonyl (C=O) groups excluding carboxylic acids is 2. The smallest absolute Gasteiger partial charge is 0.173 e. The van der Waals surface area contributed by atoms with Crippen LogP contribution in [0.4, 0.5) is 0 Å². The zero-order valence-electron chi connectivity index (χ0n) is 9.61. The zero-order valence-corrected chi connectivity index (χ0v) is 10.4. The highest BCUT2D eigenvalue weighted by Gasteiger charge is 2.36. The van der Waals surface area contributed by atoms with Crippen molar-refractivity contribution < 1.29 is 14.7 Å². The molecule has 0 unspecified atom stereocenters. The predicted molar refractivity (Wildman–Crippen MR) is 63.8 cm³/mol. The standard InChI is InChI=1S/C13H16O3S/c14-10(11-5-4-8-17-11)9-13(12(15)16)6-2-1-3-7-13/h4-5,8H,1-3,6-7,9H2,(H,15,16)/p-1. The molecule has 0 N–H and O–H groups in total. The van der Waals surface area contributed by atoms with Crippen molar-refractivity contribution in [3.63, 3.8) is 0 Å². The normalized spacial score (nSPS) is 18.8. The van der Waals surface area contributed by atoms with Crippen LogP contribution in [0.25, 0.3) is 0 Å². The number of thiophene rings is 1. The van der Waals surface area contributed by atoms with Crippen LogP contribution in [0, 0.1) is 5.41 Å². The van der Waals surface area contributed by atoms with E-state index in [0.717, 1.165) is 19.3 Å². The molecule has 1 saturated carbocycles. The lowest BCUT2D eigenvalue weighted by Crippen LogP contribution is -2.45. The minimum absolute atomic E-state index is 0.0638. The molecule has 1 aromatic rings. The summed E-state index contributed by atoms with van der Waals surface area (Å²) in [7, 11) is 0. The Labute approximate surface area is 104 Å². The molecule has 92 valence electrons. The fourth-order valence-electron chi connectivity index (χ4n) is 2.51. The monoisotopic (exact) mass is 251 g/mol. The number of aliphatic carboxylic acids is 1. The largest absolute Gasteiger partial charge is 0.550 e. The molecule has 0 spiro atoms. The summed E-state index contributed by atoms with van der Waals surface area (Å²) in [6.07, 6.45) is 4.06. The first-order chi connectivity index (χ1) is 8.14. The van der Waals surface area contributed by atoms with Gasteiger partial charge in [-0.25, -0.2) is 0 Å². The summed E-state index contributed by atoms with van der Waals surface area (Å²) in [6, 6.07) is 3.56. The molecule has 1 fully saturated rings. The van der Waals surface area contributed by atoms with E-state index < -0.39 is 11.4 Å². The molecule has 0 radical (unpaired) electrons. The minimum Gasteiger partial charge on any atom is -0.550 e. The first-order valence-electron chi connectivity index (χ1n) is 5.92. The van der Waals surface area contributed by atoms with Crippen LogP contribution in [0.15, 0.2) is 17.5 Å². The molecule has 1 aromatic heterocycles. The van der Waals surface area contributed by atoms with Crippen molar-refractivity contribution in [2.24, 2.45) is 5.41 Å². The van der Waals surface area contributed by atoms with Crippen LogP contribution in [-0.2, 0) is 4.79 Å². The molecule has 1 aliphatic rings. The number of carboxylic acids is 1. The highest BCUT2D eigenvalue weighted by molar-refractivity contribution is 7.12. The molecule has 0 atom stereocenters. The van der Waals surface area contributed by atoms with Gasteiger partial charge in [0.2, 0.25) is 0 Å². The SMILES string of the molecule is O=C(CC1(C(=O)[O-])CCCCC1)c1cccs1. The van der Waals surface area contributed by atoms with Gasteiger partial charge in [0.25, 0.3) is 0 Å². The number of hydrogen-bond acceptors (Lipinski definition) is 4. The molecular formula is C13H15O3S-. The number of Topliss-reactive ketones (excluding diaryl/α,β-unsaturated/α-hetero) is 1. The quantitative estimate of drug-likeness (QED) is 0.769. The predicted octanol–water partition coefficient (Wildman–Crippen LogP) is 2.02. The summed E-state index contributed by atoms with van der Waals surface area (Å²) in [6.45, 7) is 0. The van der Waals surface area contributed by atoms with Crippen LogP contribution < -0.4 is 5.11 Å². The highest BCUT2D eigenvalue weighted by atomic mass is 32.1. The van der Waals surface area contributed by atoms with Gasteiger partial charge in [0.1, 0.15) is 0 Å². The van der Waals surface area contributed by atoms with Crippen molar-refractivity contribution in [3.05, 3.63) is 22.4 Å². The lowest BCUT2D eigenvalue weighted by atomic mass is 9.71. The van der Waals surface area contributed by atoms with Crippen LogP contribution in [0.5, 0.6) is 0 Å². The Morgan fingerprint density at radius 1 is 1.29 bits per heavy atom. The van der Waals surface area contributed by atoms with Gasteiger partial charge in [-0.3, -0.25) is 4.79 Å². The van der Waals surface area contributed by atoms with Crippen molar-refractivity contribution in [3.8, 4) is 0 Å². The summed E-state index contributed by atoms with van der Waals surface area (Å²) in [5.74, 6) is -1.12. The molecule has 17 heavy (non-hydrogen) atoms. The van der Waals surface area contributed by atoms with Gasteiger partial charge in [-0.05, 0) is 24.3 Å².